The van der Waals surface area contributed by atoms with Gasteiger partial charge in [0.25, 0.3) is 5.91 Å². The van der Waals surface area contributed by atoms with Crippen LogP contribution in [0.15, 0.2) is 48.5 Å². The van der Waals surface area contributed by atoms with Crippen LogP contribution in [0.2, 0.25) is 5.02 Å². The number of carbonyl (C=O) groups excluding carboxylic acids is 4. The first kappa shape index (κ1) is 41.5. The number of carbonyl (C=O) groups is 4. The van der Waals surface area contributed by atoms with Crippen molar-refractivity contribution in [2.24, 2.45) is 5.92 Å². The summed E-state index contributed by atoms with van der Waals surface area (Å²) in [4.78, 5) is 53.9. The molecular weight excluding hydrogens is 779 g/mol. The number of alkyl halides is 5. The zero-order chi connectivity index (χ0) is 40.2. The van der Waals surface area contributed by atoms with E-state index in [9.17, 15) is 36.7 Å². The van der Waals surface area contributed by atoms with Gasteiger partial charge in [0.2, 0.25) is 5.91 Å². The van der Waals surface area contributed by atoms with Crippen LogP contribution in [0.1, 0.15) is 68.9 Å². The fourth-order valence-corrected chi connectivity index (χ4v) is 6.19. The van der Waals surface area contributed by atoms with Crippen LogP contribution in [0.3, 0.4) is 0 Å². The Bertz CT molecular complexity index is 1950. The monoisotopic (exact) mass is 809 g/mol. The minimum Gasteiger partial charge on any atom is -0.443 e. The van der Waals surface area contributed by atoms with E-state index in [-0.39, 0.29) is 26.7 Å². The molecule has 18 heteroatoms. The predicted octanol–water partition coefficient (Wildman–Crippen LogP) is 10.3. The van der Waals surface area contributed by atoms with Crippen LogP contribution in [0.25, 0.3) is 0 Å². The van der Waals surface area contributed by atoms with E-state index >= 15 is 8.78 Å². The molecule has 1 N–H and O–H groups in total. The number of rotatable bonds is 6. The molecule has 1 aliphatic carbocycles. The van der Waals surface area contributed by atoms with E-state index < -0.39 is 91.9 Å². The first-order valence-corrected chi connectivity index (χ1v) is 16.7. The minimum atomic E-state index is -5.03. The van der Waals surface area contributed by atoms with Gasteiger partial charge in [-0.3, -0.25) is 9.59 Å². The van der Waals surface area contributed by atoms with Crippen LogP contribution in [-0.2, 0) is 20.4 Å². The topological polar surface area (TPSA) is 105 Å². The van der Waals surface area contributed by atoms with E-state index in [2.05, 4.69) is 5.32 Å². The second-order valence-electron chi connectivity index (χ2n) is 13.9. The zero-order valence-electron chi connectivity index (χ0n) is 29.0. The molecule has 4 amide bonds. The summed E-state index contributed by atoms with van der Waals surface area (Å²) in [6, 6.07) is 7.26. The third kappa shape index (κ3) is 9.13. The molecule has 0 aromatic heterocycles. The van der Waals surface area contributed by atoms with Gasteiger partial charge in [-0.15, -0.1) is 23.2 Å². The first-order valence-electron chi connectivity index (χ1n) is 15.5. The van der Waals surface area contributed by atoms with Gasteiger partial charge in [-0.25, -0.2) is 22.8 Å². The fraction of sp³-hybridized carbons (Fsp3) is 0.371. The molecule has 286 valence electrons. The molecule has 1 aliphatic rings. The third-order valence-corrected chi connectivity index (χ3v) is 8.81. The predicted molar refractivity (Wildman–Crippen MR) is 186 cm³/mol. The molecular formula is C35H32Cl3F6N3O6. The Labute approximate surface area is 315 Å². The number of hydrogen-bond donors (Lipinski definition) is 1. The summed E-state index contributed by atoms with van der Waals surface area (Å²) in [6.45, 7) is 8.73. The zero-order valence-corrected chi connectivity index (χ0v) is 31.3. The molecule has 4 rings (SSSR count). The molecule has 0 saturated heterocycles. The highest BCUT2D eigenvalue weighted by Gasteiger charge is 2.67. The van der Waals surface area contributed by atoms with Crippen molar-refractivity contribution < 1.29 is 55.0 Å². The number of hydrogen-bond acceptors (Lipinski definition) is 6. The van der Waals surface area contributed by atoms with E-state index in [1.165, 1.54) is 53.7 Å². The summed E-state index contributed by atoms with van der Waals surface area (Å²) in [6.07, 6.45) is -7.97. The molecule has 3 aromatic rings. The lowest BCUT2D eigenvalue weighted by molar-refractivity contribution is -0.140. The Morgan fingerprint density at radius 3 is 1.89 bits per heavy atom. The van der Waals surface area contributed by atoms with Gasteiger partial charge in [0.1, 0.15) is 27.0 Å². The van der Waals surface area contributed by atoms with Crippen molar-refractivity contribution >= 4 is 75.9 Å². The quantitative estimate of drug-likeness (QED) is 0.196. The maximum Gasteiger partial charge on any atom is 0.424 e. The lowest BCUT2D eigenvalue weighted by atomic mass is 10.0. The Morgan fingerprint density at radius 1 is 0.811 bits per heavy atom. The van der Waals surface area contributed by atoms with Gasteiger partial charge in [-0.05, 0) is 89.6 Å². The van der Waals surface area contributed by atoms with Crippen LogP contribution in [0.5, 0.6) is 0 Å². The molecule has 0 radical (unpaired) electrons. The van der Waals surface area contributed by atoms with Gasteiger partial charge in [-0.1, -0.05) is 17.7 Å². The third-order valence-electron chi connectivity index (χ3n) is 7.54. The molecule has 9 nitrogen and oxygen atoms in total. The Kier molecular flexibility index (Phi) is 11.4. The average molecular weight is 811 g/mol. The molecule has 0 spiro atoms. The second kappa shape index (κ2) is 14.6. The Balaban J connectivity index is 1.64. The fourth-order valence-electron chi connectivity index (χ4n) is 5.16. The molecule has 0 heterocycles. The van der Waals surface area contributed by atoms with Crippen molar-refractivity contribution in [2.75, 3.05) is 22.2 Å². The maximum atomic E-state index is 16.2. The molecule has 1 saturated carbocycles. The number of imide groups is 1. The molecule has 53 heavy (non-hydrogen) atoms. The summed E-state index contributed by atoms with van der Waals surface area (Å²) in [5.74, 6) is -8.79. The normalized spacial score (nSPS) is 16.8. The summed E-state index contributed by atoms with van der Waals surface area (Å²) >= 11 is 18.8. The molecule has 2 atom stereocenters. The van der Waals surface area contributed by atoms with Crippen LogP contribution >= 0.6 is 34.8 Å². The van der Waals surface area contributed by atoms with Crippen LogP contribution < -0.4 is 15.1 Å². The van der Waals surface area contributed by atoms with Gasteiger partial charge in [0.05, 0.1) is 27.8 Å². The highest BCUT2D eigenvalue weighted by molar-refractivity contribution is 6.53. The molecule has 0 aliphatic heterocycles. The number of benzene rings is 3. The van der Waals surface area contributed by atoms with Crippen molar-refractivity contribution in [1.82, 2.24) is 0 Å². The van der Waals surface area contributed by atoms with E-state index in [4.69, 9.17) is 44.3 Å². The second-order valence-corrected chi connectivity index (χ2v) is 15.8. The van der Waals surface area contributed by atoms with E-state index in [1.54, 1.807) is 0 Å². The van der Waals surface area contributed by atoms with Crippen LogP contribution in [-0.4, -0.2) is 46.6 Å². The summed E-state index contributed by atoms with van der Waals surface area (Å²) in [5.41, 5.74) is -6.35. The number of nitrogens with one attached hydrogen (secondary N) is 1. The van der Waals surface area contributed by atoms with Gasteiger partial charge in [0.15, 0.2) is 11.6 Å². The van der Waals surface area contributed by atoms with Crippen molar-refractivity contribution in [2.45, 2.75) is 69.2 Å². The van der Waals surface area contributed by atoms with Crippen molar-refractivity contribution in [3.05, 3.63) is 87.7 Å². The number of halogens is 9. The summed E-state index contributed by atoms with van der Waals surface area (Å²) < 4.78 is 93.9. The minimum absolute atomic E-state index is 0.0287. The van der Waals surface area contributed by atoms with E-state index in [0.717, 1.165) is 25.2 Å². The van der Waals surface area contributed by atoms with Crippen molar-refractivity contribution in [1.29, 1.82) is 0 Å². The molecule has 0 unspecified atom stereocenters. The van der Waals surface area contributed by atoms with E-state index in [1.807, 2.05) is 0 Å². The molecule has 0 bridgehead atoms. The summed E-state index contributed by atoms with van der Waals surface area (Å²) in [5, 5.41) is 2.27. The van der Waals surface area contributed by atoms with Gasteiger partial charge in [-0.2, -0.15) is 18.1 Å². The average Bonchev–Trinajstić information content (AvgIpc) is 3.58. The highest BCUT2D eigenvalue weighted by Crippen LogP contribution is 2.65. The largest absolute Gasteiger partial charge is 0.443 e. The van der Waals surface area contributed by atoms with Crippen LogP contribution in [0.4, 0.5) is 53.0 Å². The maximum absolute atomic E-state index is 16.2. The van der Waals surface area contributed by atoms with Gasteiger partial charge < -0.3 is 19.7 Å². The van der Waals surface area contributed by atoms with Crippen LogP contribution in [0, 0.1) is 23.4 Å². The highest BCUT2D eigenvalue weighted by atomic mass is 35.5. The summed E-state index contributed by atoms with van der Waals surface area (Å²) in [7, 11) is 1.08. The van der Waals surface area contributed by atoms with Crippen molar-refractivity contribution in [3.8, 4) is 0 Å². The van der Waals surface area contributed by atoms with Crippen molar-refractivity contribution in [3.63, 3.8) is 0 Å². The standard InChI is InChI=1S/C35H32Cl3F6N3O6/c1-32(2,3)52-30(50)47(31(51)53-33(4,5)6)27-22(40)12-13-23(26(27)41)46(7)29(49)18-15-17(9-10-20(18)36)45-28(48)25-24(34(25,37)38)16-8-11-21(39)19(14-16)35(42,43)44/h8-15,24-25H,1-7H3,(H,45,48)/t24-,25+/m0/s1. The first-order chi connectivity index (χ1) is 24.2. The SMILES string of the molecule is CN(C(=O)c1cc(NC(=O)[C@H]2[C@H](c3ccc(F)c(C(F)(F)F)c3)C2(Cl)Cl)ccc1Cl)c1ccc(F)c(N(C(=O)OC(C)(C)C)C(=O)OC(C)(C)C)c1F. The van der Waals surface area contributed by atoms with E-state index in [0.29, 0.717) is 23.1 Å². The number of anilines is 3. The smallest absolute Gasteiger partial charge is 0.424 e. The Hall–Kier alpha value is -4.21. The molecule has 3 aromatic carbocycles. The van der Waals surface area contributed by atoms with Gasteiger partial charge >= 0.3 is 18.4 Å². The lowest BCUT2D eigenvalue weighted by Crippen LogP contribution is -2.44. The lowest BCUT2D eigenvalue weighted by Gasteiger charge is -2.29. The number of nitrogens with zero attached hydrogens (tertiary/aromatic N) is 2. The molecule has 1 fully saturated rings. The number of ether oxygens (including phenoxy) is 2. The number of amides is 4. The van der Waals surface area contributed by atoms with Gasteiger partial charge in [0, 0.05) is 18.7 Å². The Morgan fingerprint density at radius 2 is 1.36 bits per heavy atom.